The highest BCUT2D eigenvalue weighted by Gasteiger charge is 2.14. The van der Waals surface area contributed by atoms with Gasteiger partial charge in [-0.05, 0) is 29.8 Å². The lowest BCUT2D eigenvalue weighted by molar-refractivity contribution is -0.143. The minimum absolute atomic E-state index is 0.182. The van der Waals surface area contributed by atoms with Crippen molar-refractivity contribution in [3.8, 4) is 0 Å². The summed E-state index contributed by atoms with van der Waals surface area (Å²) in [5.41, 5.74) is -0.280. The van der Waals surface area contributed by atoms with Gasteiger partial charge in [0, 0.05) is 17.8 Å². The normalized spacial score (nSPS) is 10.5. The van der Waals surface area contributed by atoms with Crippen LogP contribution in [0.4, 0.5) is 4.39 Å². The number of hydrogen-bond donors (Lipinski definition) is 0. The first-order chi connectivity index (χ1) is 13.9. The van der Waals surface area contributed by atoms with Gasteiger partial charge in [-0.3, -0.25) is 19.0 Å². The topological polar surface area (TPSA) is 87.4 Å². The first kappa shape index (κ1) is 19.9. The van der Waals surface area contributed by atoms with E-state index in [1.807, 2.05) is 30.3 Å². The average Bonchev–Trinajstić information content (AvgIpc) is 2.73. The smallest absolute Gasteiger partial charge is 0.331 e. The van der Waals surface area contributed by atoms with Gasteiger partial charge >= 0.3 is 11.7 Å². The molecule has 0 amide bonds. The highest BCUT2D eigenvalue weighted by Crippen LogP contribution is 2.04. The molecule has 0 aliphatic heterocycles. The first-order valence-corrected chi connectivity index (χ1v) is 8.72. The molecule has 0 aliphatic carbocycles. The number of carbonyl (C=O) groups is 2. The van der Waals surface area contributed by atoms with Gasteiger partial charge in [0.05, 0.1) is 6.54 Å². The number of esters is 1. The molecule has 0 unspecified atom stereocenters. The minimum atomic E-state index is -0.905. The maximum absolute atomic E-state index is 12.9. The fraction of sp³-hybridized carbons (Fsp3) is 0.143. The molecule has 0 N–H and O–H groups in total. The van der Waals surface area contributed by atoms with E-state index in [1.165, 1.54) is 29.0 Å². The zero-order valence-electron chi connectivity index (χ0n) is 15.3. The molecule has 0 spiro atoms. The summed E-state index contributed by atoms with van der Waals surface area (Å²) in [5.74, 6) is -1.92. The maximum atomic E-state index is 12.9. The number of carbonyl (C=O) groups excluding carboxylic acids is 2. The van der Waals surface area contributed by atoms with E-state index in [9.17, 15) is 23.6 Å². The Morgan fingerprint density at radius 2 is 1.62 bits per heavy atom. The van der Waals surface area contributed by atoms with Gasteiger partial charge < -0.3 is 4.74 Å². The van der Waals surface area contributed by atoms with Crippen LogP contribution in [0.3, 0.4) is 0 Å². The highest BCUT2D eigenvalue weighted by atomic mass is 19.1. The summed E-state index contributed by atoms with van der Waals surface area (Å²) in [6, 6.07) is 15.1. The van der Waals surface area contributed by atoms with Gasteiger partial charge in [-0.15, -0.1) is 0 Å². The first-order valence-electron chi connectivity index (χ1n) is 8.72. The third-order valence-corrected chi connectivity index (χ3v) is 4.15. The standard InChI is InChI=1S/C21H17FN2O5/c22-17-8-6-16(7-9-17)18(25)14-29-20(27)13-24-19(26)10-11-23(21(24)28)12-15-4-2-1-3-5-15/h1-11H,12-14H2. The predicted molar refractivity (Wildman–Crippen MR) is 102 cm³/mol. The zero-order chi connectivity index (χ0) is 20.8. The van der Waals surface area contributed by atoms with Crippen LogP contribution in [0.5, 0.6) is 0 Å². The summed E-state index contributed by atoms with van der Waals surface area (Å²) in [6.07, 6.45) is 1.36. The SMILES string of the molecule is O=C(Cn1c(=O)ccn(Cc2ccccc2)c1=O)OCC(=O)c1ccc(F)cc1. The van der Waals surface area contributed by atoms with Gasteiger partial charge in [0.25, 0.3) is 5.56 Å². The number of hydrogen-bond acceptors (Lipinski definition) is 5. The van der Waals surface area contributed by atoms with Gasteiger partial charge in [0.1, 0.15) is 12.4 Å². The second-order valence-electron chi connectivity index (χ2n) is 6.23. The maximum Gasteiger partial charge on any atom is 0.331 e. The lowest BCUT2D eigenvalue weighted by Crippen LogP contribution is -2.41. The van der Waals surface area contributed by atoms with Crippen LogP contribution in [0.25, 0.3) is 0 Å². The molecule has 1 aromatic heterocycles. The largest absolute Gasteiger partial charge is 0.456 e. The van der Waals surface area contributed by atoms with Crippen molar-refractivity contribution >= 4 is 11.8 Å². The summed E-state index contributed by atoms with van der Waals surface area (Å²) >= 11 is 0. The fourth-order valence-electron chi connectivity index (χ4n) is 2.64. The van der Waals surface area contributed by atoms with Crippen molar-refractivity contribution in [2.24, 2.45) is 0 Å². The van der Waals surface area contributed by atoms with E-state index in [0.29, 0.717) is 0 Å². The number of nitrogens with zero attached hydrogens (tertiary/aromatic N) is 2. The summed E-state index contributed by atoms with van der Waals surface area (Å²) in [5, 5.41) is 0. The van der Waals surface area contributed by atoms with Crippen molar-refractivity contribution in [1.29, 1.82) is 0 Å². The van der Waals surface area contributed by atoms with Crippen molar-refractivity contribution in [2.75, 3.05) is 6.61 Å². The van der Waals surface area contributed by atoms with Gasteiger partial charge in [-0.25, -0.2) is 13.8 Å². The van der Waals surface area contributed by atoms with Crippen molar-refractivity contribution in [2.45, 2.75) is 13.1 Å². The Morgan fingerprint density at radius 3 is 2.31 bits per heavy atom. The Labute approximate surface area is 164 Å². The number of aromatic nitrogens is 2. The van der Waals surface area contributed by atoms with Crippen molar-refractivity contribution in [3.63, 3.8) is 0 Å². The molecule has 3 rings (SSSR count). The molecule has 3 aromatic rings. The van der Waals surface area contributed by atoms with Crippen LogP contribution < -0.4 is 11.2 Å². The lowest BCUT2D eigenvalue weighted by Gasteiger charge is -2.10. The minimum Gasteiger partial charge on any atom is -0.456 e. The second-order valence-corrected chi connectivity index (χ2v) is 6.23. The Bertz CT molecular complexity index is 1130. The number of rotatable bonds is 7. The van der Waals surface area contributed by atoms with E-state index in [-0.39, 0.29) is 12.1 Å². The molecule has 0 saturated carbocycles. The lowest BCUT2D eigenvalue weighted by atomic mass is 10.1. The molecule has 29 heavy (non-hydrogen) atoms. The molecule has 1 heterocycles. The van der Waals surface area contributed by atoms with Crippen LogP contribution in [-0.2, 0) is 22.6 Å². The van der Waals surface area contributed by atoms with Crippen molar-refractivity contribution < 1.29 is 18.7 Å². The Hall–Kier alpha value is -3.81. The molecule has 0 bridgehead atoms. The fourth-order valence-corrected chi connectivity index (χ4v) is 2.64. The highest BCUT2D eigenvalue weighted by molar-refractivity contribution is 5.97. The van der Waals surface area contributed by atoms with E-state index in [1.54, 1.807) is 0 Å². The van der Waals surface area contributed by atoms with E-state index < -0.39 is 42.0 Å². The molecule has 0 aliphatic rings. The molecule has 0 radical (unpaired) electrons. The second kappa shape index (κ2) is 8.92. The van der Waals surface area contributed by atoms with Crippen LogP contribution in [0.15, 0.2) is 76.4 Å². The molecule has 7 nitrogen and oxygen atoms in total. The van der Waals surface area contributed by atoms with E-state index in [2.05, 4.69) is 0 Å². The monoisotopic (exact) mass is 396 g/mol. The van der Waals surface area contributed by atoms with Crippen molar-refractivity contribution in [3.05, 3.63) is 105 Å². The van der Waals surface area contributed by atoms with Gasteiger partial charge in [0.2, 0.25) is 0 Å². The summed E-state index contributed by atoms with van der Waals surface area (Å²) in [4.78, 5) is 48.6. The molecule has 0 fully saturated rings. The van der Waals surface area contributed by atoms with Gasteiger partial charge in [-0.1, -0.05) is 30.3 Å². The Balaban J connectivity index is 1.67. The molecule has 0 atom stereocenters. The molecule has 8 heteroatoms. The van der Waals surface area contributed by atoms with Crippen LogP contribution in [0, 0.1) is 5.82 Å². The van der Waals surface area contributed by atoms with E-state index in [0.717, 1.165) is 22.3 Å². The number of Topliss-reactive ketones (excluding diaryl/α,β-unsaturated/α-hetero) is 1. The molecule has 2 aromatic carbocycles. The van der Waals surface area contributed by atoms with E-state index in [4.69, 9.17) is 4.74 Å². The molecule has 148 valence electrons. The zero-order valence-corrected chi connectivity index (χ0v) is 15.3. The Kier molecular flexibility index (Phi) is 6.13. The average molecular weight is 396 g/mol. The Morgan fingerprint density at radius 1 is 0.931 bits per heavy atom. The summed E-state index contributed by atoms with van der Waals surface area (Å²) in [6.45, 7) is -0.966. The number of benzene rings is 2. The molecule has 0 saturated heterocycles. The predicted octanol–water partition coefficient (Wildman–Crippen LogP) is 1.62. The van der Waals surface area contributed by atoms with Crippen LogP contribution in [-0.4, -0.2) is 27.5 Å². The summed E-state index contributed by atoms with van der Waals surface area (Å²) in [7, 11) is 0. The number of halogens is 1. The van der Waals surface area contributed by atoms with Crippen molar-refractivity contribution in [1.82, 2.24) is 9.13 Å². The van der Waals surface area contributed by atoms with E-state index >= 15 is 0 Å². The van der Waals surface area contributed by atoms with Crippen LogP contribution >= 0.6 is 0 Å². The van der Waals surface area contributed by atoms with Crippen LogP contribution in [0.1, 0.15) is 15.9 Å². The quantitative estimate of drug-likeness (QED) is 0.447. The molecular formula is C21H17FN2O5. The number of ketones is 1. The summed E-state index contributed by atoms with van der Waals surface area (Å²) < 4.78 is 19.8. The third-order valence-electron chi connectivity index (χ3n) is 4.15. The molecular weight excluding hydrogens is 379 g/mol. The number of ether oxygens (including phenoxy) is 1. The van der Waals surface area contributed by atoms with Gasteiger partial charge in [-0.2, -0.15) is 0 Å². The van der Waals surface area contributed by atoms with Gasteiger partial charge in [0.15, 0.2) is 12.4 Å². The third kappa shape index (κ3) is 5.13. The van der Waals surface area contributed by atoms with Crippen LogP contribution in [0.2, 0.25) is 0 Å².